The van der Waals surface area contributed by atoms with Gasteiger partial charge in [0, 0.05) is 30.1 Å². The Kier molecular flexibility index (Phi) is 5.36. The molecule has 0 unspecified atom stereocenters. The smallest absolute Gasteiger partial charge is 0.361 e. The van der Waals surface area contributed by atoms with Crippen LogP contribution >= 0.6 is 0 Å². The van der Waals surface area contributed by atoms with Crippen LogP contribution in [-0.2, 0) is 0 Å². The summed E-state index contributed by atoms with van der Waals surface area (Å²) in [6, 6.07) is 6.00. The summed E-state index contributed by atoms with van der Waals surface area (Å²) in [6.07, 6.45) is 11.9. The first-order valence-electron chi connectivity index (χ1n) is 4.23. The van der Waals surface area contributed by atoms with Crippen LogP contribution in [-0.4, -0.2) is 0 Å². The maximum Gasteiger partial charge on any atom is 1.00 e. The molecule has 0 amide bonds. The number of dihydropyridines is 1. The van der Waals surface area contributed by atoms with Gasteiger partial charge in [-0.2, -0.15) is 0 Å². The molecule has 14 heavy (non-hydrogen) atoms. The molecule has 0 radical (unpaired) electrons. The van der Waals surface area contributed by atoms with E-state index in [1.54, 1.807) is 0 Å². The van der Waals surface area contributed by atoms with Crippen molar-refractivity contribution in [2.45, 2.75) is 0 Å². The summed E-state index contributed by atoms with van der Waals surface area (Å²) >= 11 is 0. The van der Waals surface area contributed by atoms with Crippen molar-refractivity contribution in [1.82, 2.24) is 5.32 Å². The average Bonchev–Trinajstić information content (AvgIpc) is 2.21. The van der Waals surface area contributed by atoms with Crippen LogP contribution < -0.4 is 61.7 Å². The zero-order valence-electron chi connectivity index (χ0n) is 8.20. The van der Waals surface area contributed by atoms with Crippen LogP contribution in [0, 0.1) is 0 Å². The van der Waals surface area contributed by atoms with Gasteiger partial charge in [-0.1, -0.05) is 6.08 Å². The van der Waals surface area contributed by atoms with Gasteiger partial charge in [0.1, 0.15) is 0 Å². The molecular formula is C11H11KN2+2. The second-order valence-electron chi connectivity index (χ2n) is 2.78. The molecule has 0 saturated carbocycles. The molecule has 1 aromatic heterocycles. The maximum absolute atomic E-state index is 3.14. The van der Waals surface area contributed by atoms with Crippen molar-refractivity contribution in [3.05, 3.63) is 60.2 Å². The van der Waals surface area contributed by atoms with Crippen molar-refractivity contribution in [2.24, 2.45) is 0 Å². The van der Waals surface area contributed by atoms with Gasteiger partial charge in [0.15, 0.2) is 6.20 Å². The van der Waals surface area contributed by atoms with Crippen molar-refractivity contribution >= 4 is 6.08 Å². The average molecular weight is 210 g/mol. The molecule has 1 aromatic rings. The fourth-order valence-corrected chi connectivity index (χ4v) is 1.16. The third kappa shape index (κ3) is 3.51. The van der Waals surface area contributed by atoms with E-state index >= 15 is 0 Å². The zero-order valence-corrected chi connectivity index (χ0v) is 11.3. The zero-order chi connectivity index (χ0) is 8.93. The largest absolute Gasteiger partial charge is 1.00 e. The van der Waals surface area contributed by atoms with Gasteiger partial charge in [-0.3, -0.25) is 0 Å². The van der Waals surface area contributed by atoms with Gasteiger partial charge < -0.3 is 5.32 Å². The first kappa shape index (κ1) is 11.9. The molecule has 0 spiro atoms. The van der Waals surface area contributed by atoms with Crippen LogP contribution in [0.1, 0.15) is 5.69 Å². The summed E-state index contributed by atoms with van der Waals surface area (Å²) in [4.78, 5) is 3.14. The third-order valence-electron chi connectivity index (χ3n) is 1.78. The number of hydrogen-bond donors (Lipinski definition) is 1. The Balaban J connectivity index is 0.000000980. The third-order valence-corrected chi connectivity index (χ3v) is 1.78. The molecule has 0 aromatic carbocycles. The van der Waals surface area contributed by atoms with E-state index in [2.05, 4.69) is 16.4 Å². The van der Waals surface area contributed by atoms with Gasteiger partial charge in [0.05, 0.1) is 0 Å². The Hall–Kier alpha value is -0.194. The molecule has 2 rings (SSSR count). The minimum absolute atomic E-state index is 0. The molecule has 0 atom stereocenters. The topological polar surface area (TPSA) is 26.2 Å². The van der Waals surface area contributed by atoms with Gasteiger partial charge >= 0.3 is 51.4 Å². The van der Waals surface area contributed by atoms with E-state index in [4.69, 9.17) is 0 Å². The molecule has 2 N–H and O–H groups in total. The van der Waals surface area contributed by atoms with Crippen molar-refractivity contribution in [3.63, 3.8) is 0 Å². The summed E-state index contributed by atoms with van der Waals surface area (Å²) in [5, 5.41) is 3.14. The molecule has 1 aliphatic heterocycles. The van der Waals surface area contributed by atoms with E-state index in [0.717, 1.165) is 11.4 Å². The molecule has 3 heteroatoms. The van der Waals surface area contributed by atoms with E-state index in [1.165, 1.54) is 0 Å². The molecule has 2 heterocycles. The number of aromatic amines is 1. The second-order valence-corrected chi connectivity index (χ2v) is 2.78. The minimum Gasteiger partial charge on any atom is -0.361 e. The quantitative estimate of drug-likeness (QED) is 0.562. The molecule has 0 bridgehead atoms. The molecular weight excluding hydrogens is 199 g/mol. The van der Waals surface area contributed by atoms with E-state index in [1.807, 2.05) is 48.8 Å². The van der Waals surface area contributed by atoms with Crippen molar-refractivity contribution in [1.29, 1.82) is 0 Å². The Bertz CT molecular complexity index is 366. The number of aromatic nitrogens is 1. The first-order valence-corrected chi connectivity index (χ1v) is 4.23. The molecule has 1 aliphatic rings. The number of H-pyrrole nitrogens is 1. The van der Waals surface area contributed by atoms with Crippen LogP contribution in [0.4, 0.5) is 0 Å². The van der Waals surface area contributed by atoms with Gasteiger partial charge in [-0.15, -0.1) is 0 Å². The van der Waals surface area contributed by atoms with Crippen molar-refractivity contribution < 1.29 is 56.4 Å². The number of allylic oxidation sites excluding steroid dienone is 3. The van der Waals surface area contributed by atoms with Crippen LogP contribution in [0.5, 0.6) is 0 Å². The molecule has 0 fully saturated rings. The standard InChI is InChI=1S/C11H10N2.K/c1-3-7-12-10(5-1)9-11-6-2-4-8-13-11;/h1-9,12H;/q;+1/p+1/b10-9-;. The fourth-order valence-electron chi connectivity index (χ4n) is 1.16. The molecule has 2 nitrogen and oxygen atoms in total. The van der Waals surface area contributed by atoms with Gasteiger partial charge in [0.2, 0.25) is 5.69 Å². The summed E-state index contributed by atoms with van der Waals surface area (Å²) in [5.41, 5.74) is 2.18. The Morgan fingerprint density at radius 1 is 1.21 bits per heavy atom. The molecule has 64 valence electrons. The Morgan fingerprint density at radius 2 is 2.14 bits per heavy atom. The Morgan fingerprint density at radius 3 is 2.79 bits per heavy atom. The Labute approximate surface area is 126 Å². The van der Waals surface area contributed by atoms with E-state index in [9.17, 15) is 0 Å². The number of hydrogen-bond acceptors (Lipinski definition) is 1. The first-order chi connectivity index (χ1) is 6.45. The summed E-state index contributed by atoms with van der Waals surface area (Å²) in [6.45, 7) is 0. The molecule has 0 aliphatic carbocycles. The van der Waals surface area contributed by atoms with E-state index in [-0.39, 0.29) is 51.4 Å². The number of rotatable bonds is 1. The van der Waals surface area contributed by atoms with Gasteiger partial charge in [-0.25, -0.2) is 4.98 Å². The van der Waals surface area contributed by atoms with Crippen molar-refractivity contribution in [3.8, 4) is 0 Å². The minimum atomic E-state index is 0. The summed E-state index contributed by atoms with van der Waals surface area (Å²) in [7, 11) is 0. The van der Waals surface area contributed by atoms with Crippen LogP contribution in [0.15, 0.2) is 54.5 Å². The number of nitrogens with one attached hydrogen (secondary N) is 2. The SMILES string of the molecule is C1=CN/C(=C\c2cccc[nH+]2)C=C1.[K+]. The normalized spacial score (nSPS) is 16.1. The summed E-state index contributed by atoms with van der Waals surface area (Å²) in [5.74, 6) is 0. The van der Waals surface area contributed by atoms with E-state index < -0.39 is 0 Å². The van der Waals surface area contributed by atoms with E-state index in [0.29, 0.717) is 0 Å². The van der Waals surface area contributed by atoms with Crippen LogP contribution in [0.2, 0.25) is 0 Å². The van der Waals surface area contributed by atoms with Gasteiger partial charge in [0.25, 0.3) is 0 Å². The molecule has 0 saturated heterocycles. The second kappa shape index (κ2) is 6.32. The monoisotopic (exact) mass is 210 g/mol. The fraction of sp³-hybridized carbons (Fsp3) is 0. The number of pyridine rings is 1. The maximum atomic E-state index is 3.14. The predicted molar refractivity (Wildman–Crippen MR) is 52.4 cm³/mol. The summed E-state index contributed by atoms with van der Waals surface area (Å²) < 4.78 is 0. The van der Waals surface area contributed by atoms with Crippen LogP contribution in [0.25, 0.3) is 6.08 Å². The van der Waals surface area contributed by atoms with Crippen molar-refractivity contribution in [2.75, 3.05) is 0 Å². The van der Waals surface area contributed by atoms with Crippen LogP contribution in [0.3, 0.4) is 0 Å². The predicted octanol–water partition coefficient (Wildman–Crippen LogP) is -1.48. The van der Waals surface area contributed by atoms with Gasteiger partial charge in [-0.05, 0) is 18.2 Å².